The van der Waals surface area contributed by atoms with Crippen molar-refractivity contribution in [3.63, 3.8) is 0 Å². The zero-order chi connectivity index (χ0) is 15.1. The van der Waals surface area contributed by atoms with Gasteiger partial charge in [0.25, 0.3) is 0 Å². The van der Waals surface area contributed by atoms with Crippen LogP contribution in [0.25, 0.3) is 0 Å². The molecule has 0 aliphatic carbocycles. The average molecular weight is 293 g/mol. The lowest BCUT2D eigenvalue weighted by molar-refractivity contribution is -0.122. The summed E-state index contributed by atoms with van der Waals surface area (Å²) in [6, 6.07) is 7.17. The second-order valence-corrected chi connectivity index (χ2v) is 5.23. The van der Waals surface area contributed by atoms with Gasteiger partial charge in [0.05, 0.1) is 25.7 Å². The van der Waals surface area contributed by atoms with Gasteiger partial charge in [0.1, 0.15) is 5.75 Å². The summed E-state index contributed by atoms with van der Waals surface area (Å²) in [5.74, 6) is 0.649. The molecule has 116 valence electrons. The summed E-state index contributed by atoms with van der Waals surface area (Å²) < 4.78 is 11.1. The lowest BCUT2D eigenvalue weighted by atomic mass is 10.2. The number of hydrogen-bond acceptors (Lipinski definition) is 5. The fraction of sp³-hybridized carbons (Fsp3) is 0.533. The van der Waals surface area contributed by atoms with Crippen LogP contribution in [-0.2, 0) is 9.53 Å². The minimum atomic E-state index is -0.0317. The van der Waals surface area contributed by atoms with Gasteiger partial charge in [0.2, 0.25) is 5.91 Å². The molecule has 1 atom stereocenters. The van der Waals surface area contributed by atoms with Crippen LogP contribution in [0.2, 0.25) is 0 Å². The van der Waals surface area contributed by atoms with Crippen molar-refractivity contribution in [3.8, 4) is 5.75 Å². The Morgan fingerprint density at radius 3 is 3.19 bits per heavy atom. The van der Waals surface area contributed by atoms with E-state index in [9.17, 15) is 4.79 Å². The predicted octanol–water partition coefficient (Wildman–Crippen LogP) is 0.485. The number of likely N-dealkylation sites (N-methyl/N-ethyl adjacent to an activating group) is 1. The maximum atomic E-state index is 11.7. The van der Waals surface area contributed by atoms with Crippen LogP contribution in [0, 0.1) is 0 Å². The summed E-state index contributed by atoms with van der Waals surface area (Å²) in [5.41, 5.74) is 6.30. The molecule has 0 bridgehead atoms. The number of hydrogen-bond donors (Lipinski definition) is 2. The summed E-state index contributed by atoms with van der Waals surface area (Å²) in [6.45, 7) is 3.39. The first-order valence-corrected chi connectivity index (χ1v) is 7.18. The molecule has 0 spiro atoms. The monoisotopic (exact) mass is 293 g/mol. The lowest BCUT2D eigenvalue weighted by Crippen LogP contribution is -2.46. The number of rotatable bonds is 6. The lowest BCUT2D eigenvalue weighted by Gasteiger charge is -2.30. The number of amides is 1. The van der Waals surface area contributed by atoms with E-state index in [2.05, 4.69) is 17.3 Å². The molecule has 3 N–H and O–H groups in total. The number of nitrogen functional groups attached to an aromatic ring is 1. The van der Waals surface area contributed by atoms with Gasteiger partial charge in [0, 0.05) is 31.4 Å². The van der Waals surface area contributed by atoms with Gasteiger partial charge in [-0.2, -0.15) is 0 Å². The predicted molar refractivity (Wildman–Crippen MR) is 81.2 cm³/mol. The Hall–Kier alpha value is -1.79. The van der Waals surface area contributed by atoms with Gasteiger partial charge in [-0.15, -0.1) is 0 Å². The molecule has 0 aromatic heterocycles. The van der Waals surface area contributed by atoms with E-state index in [4.69, 9.17) is 15.2 Å². The highest BCUT2D eigenvalue weighted by Gasteiger charge is 2.18. The molecule has 21 heavy (non-hydrogen) atoms. The molecule has 1 aromatic rings. The molecule has 1 aromatic carbocycles. The first-order valence-electron chi connectivity index (χ1n) is 7.18. The van der Waals surface area contributed by atoms with Gasteiger partial charge in [-0.05, 0) is 19.2 Å². The molecule has 1 unspecified atom stereocenters. The molecule has 1 heterocycles. The highest BCUT2D eigenvalue weighted by Crippen LogP contribution is 2.14. The van der Waals surface area contributed by atoms with Crippen molar-refractivity contribution >= 4 is 11.6 Å². The van der Waals surface area contributed by atoms with Gasteiger partial charge in [-0.1, -0.05) is 6.07 Å². The van der Waals surface area contributed by atoms with E-state index in [1.807, 2.05) is 12.1 Å². The van der Waals surface area contributed by atoms with E-state index in [1.165, 1.54) is 0 Å². The van der Waals surface area contributed by atoms with Gasteiger partial charge in [-0.3, -0.25) is 4.79 Å². The fourth-order valence-corrected chi connectivity index (χ4v) is 2.17. The Morgan fingerprint density at radius 1 is 1.57 bits per heavy atom. The van der Waals surface area contributed by atoms with Crippen molar-refractivity contribution in [2.45, 2.75) is 12.5 Å². The highest BCUT2D eigenvalue weighted by atomic mass is 16.5. The van der Waals surface area contributed by atoms with Crippen LogP contribution in [-0.4, -0.2) is 56.8 Å². The number of anilines is 1. The topological polar surface area (TPSA) is 76.8 Å². The zero-order valence-electron chi connectivity index (χ0n) is 12.4. The second-order valence-electron chi connectivity index (χ2n) is 5.23. The Morgan fingerprint density at radius 2 is 2.43 bits per heavy atom. The second kappa shape index (κ2) is 7.85. The van der Waals surface area contributed by atoms with E-state index < -0.39 is 0 Å². The van der Waals surface area contributed by atoms with Crippen LogP contribution in [0.1, 0.15) is 6.42 Å². The molecular formula is C15H23N3O3. The van der Waals surface area contributed by atoms with Gasteiger partial charge in [-0.25, -0.2) is 0 Å². The first kappa shape index (κ1) is 15.6. The molecule has 1 aliphatic heterocycles. The molecule has 1 saturated heterocycles. The van der Waals surface area contributed by atoms with Gasteiger partial charge < -0.3 is 25.4 Å². The molecule has 0 saturated carbocycles. The molecule has 1 aliphatic rings. The number of nitrogens with one attached hydrogen (secondary N) is 1. The zero-order valence-corrected chi connectivity index (χ0v) is 12.4. The van der Waals surface area contributed by atoms with E-state index in [0.29, 0.717) is 31.0 Å². The normalized spacial score (nSPS) is 19.2. The molecule has 6 nitrogen and oxygen atoms in total. The van der Waals surface area contributed by atoms with Crippen molar-refractivity contribution in [1.29, 1.82) is 0 Å². The Labute approximate surface area is 125 Å². The number of ether oxygens (including phenoxy) is 2. The third kappa shape index (κ3) is 5.61. The van der Waals surface area contributed by atoms with E-state index >= 15 is 0 Å². The third-order valence-electron chi connectivity index (χ3n) is 3.32. The summed E-state index contributed by atoms with van der Waals surface area (Å²) in [7, 11) is 2.05. The quantitative estimate of drug-likeness (QED) is 0.746. The number of nitrogens with two attached hydrogens (primary N) is 1. The number of carbonyl (C=O) groups is 1. The van der Waals surface area contributed by atoms with Crippen molar-refractivity contribution in [2.24, 2.45) is 0 Å². The molecule has 1 amide bonds. The minimum Gasteiger partial charge on any atom is -0.493 e. The summed E-state index contributed by atoms with van der Waals surface area (Å²) >= 11 is 0. The molecule has 2 rings (SSSR count). The molecule has 1 fully saturated rings. The van der Waals surface area contributed by atoms with Crippen LogP contribution in [0.5, 0.6) is 5.75 Å². The standard InChI is InChI=1S/C15H23N3O3/c1-18-6-8-21-14(11-18)10-17-15(19)5-7-20-13-4-2-3-12(16)9-13/h2-4,9,14H,5-8,10-11,16H2,1H3,(H,17,19). The van der Waals surface area contributed by atoms with Crippen LogP contribution in [0.15, 0.2) is 24.3 Å². The molecule has 0 radical (unpaired) electrons. The van der Waals surface area contributed by atoms with Crippen LogP contribution < -0.4 is 15.8 Å². The largest absolute Gasteiger partial charge is 0.493 e. The molecular weight excluding hydrogens is 270 g/mol. The van der Waals surface area contributed by atoms with Crippen LogP contribution >= 0.6 is 0 Å². The smallest absolute Gasteiger partial charge is 0.223 e. The maximum Gasteiger partial charge on any atom is 0.223 e. The molecule has 6 heteroatoms. The van der Waals surface area contributed by atoms with Crippen molar-refractivity contribution < 1.29 is 14.3 Å². The highest BCUT2D eigenvalue weighted by molar-refractivity contribution is 5.76. The van der Waals surface area contributed by atoms with Crippen LogP contribution in [0.4, 0.5) is 5.69 Å². The minimum absolute atomic E-state index is 0.0317. The maximum absolute atomic E-state index is 11.7. The summed E-state index contributed by atoms with van der Waals surface area (Å²) in [4.78, 5) is 13.9. The number of morpholine rings is 1. The Kier molecular flexibility index (Phi) is 5.83. The average Bonchev–Trinajstić information content (AvgIpc) is 2.45. The number of benzene rings is 1. The SMILES string of the molecule is CN1CCOC(CNC(=O)CCOc2cccc(N)c2)C1. The first-order chi connectivity index (χ1) is 10.1. The summed E-state index contributed by atoms with van der Waals surface area (Å²) in [6.07, 6.45) is 0.389. The Bertz CT molecular complexity index is 467. The van der Waals surface area contributed by atoms with Gasteiger partial charge >= 0.3 is 0 Å². The van der Waals surface area contributed by atoms with Crippen molar-refractivity contribution in [1.82, 2.24) is 10.2 Å². The van der Waals surface area contributed by atoms with Gasteiger partial charge in [0.15, 0.2) is 0 Å². The van der Waals surface area contributed by atoms with Crippen LogP contribution in [0.3, 0.4) is 0 Å². The fourth-order valence-electron chi connectivity index (χ4n) is 2.17. The summed E-state index contributed by atoms with van der Waals surface area (Å²) in [5, 5.41) is 2.88. The number of nitrogens with zero attached hydrogens (tertiary/aromatic N) is 1. The van der Waals surface area contributed by atoms with E-state index in [0.717, 1.165) is 19.7 Å². The Balaban J connectivity index is 1.61. The van der Waals surface area contributed by atoms with Crippen molar-refractivity contribution in [3.05, 3.63) is 24.3 Å². The van der Waals surface area contributed by atoms with E-state index in [-0.39, 0.29) is 12.0 Å². The van der Waals surface area contributed by atoms with Crippen molar-refractivity contribution in [2.75, 3.05) is 45.6 Å². The third-order valence-corrected chi connectivity index (χ3v) is 3.32. The number of carbonyl (C=O) groups excluding carboxylic acids is 1. The van der Waals surface area contributed by atoms with E-state index in [1.54, 1.807) is 12.1 Å².